The second kappa shape index (κ2) is 11.1. The molecule has 204 valence electrons. The highest BCUT2D eigenvalue weighted by molar-refractivity contribution is 6.07. The highest BCUT2D eigenvalue weighted by Crippen LogP contribution is 2.37. The first kappa shape index (κ1) is 26.8. The lowest BCUT2D eigenvalue weighted by atomic mass is 9.95. The number of rotatable bonds is 9. The third kappa shape index (κ3) is 4.75. The van der Waals surface area contributed by atoms with Crippen LogP contribution >= 0.6 is 0 Å². The van der Waals surface area contributed by atoms with Crippen molar-refractivity contribution >= 4 is 34.0 Å². The Balaban J connectivity index is 1.68. The zero-order valence-electron chi connectivity index (χ0n) is 22.9. The number of aromatic carboxylic acids is 1. The number of nitrogens with zero attached hydrogens (tertiary/aromatic N) is 4. The molecule has 5 rings (SSSR count). The molecule has 40 heavy (non-hydrogen) atoms. The molecule has 0 saturated carbocycles. The number of hydrogen-bond donors (Lipinski definition) is 1. The number of fused-ring (bicyclic) bond motifs is 2. The Morgan fingerprint density at radius 1 is 1.02 bits per heavy atom. The van der Waals surface area contributed by atoms with E-state index in [1.807, 2.05) is 30.3 Å². The Hall–Kier alpha value is -4.79. The van der Waals surface area contributed by atoms with E-state index < -0.39 is 11.9 Å². The van der Waals surface area contributed by atoms with Gasteiger partial charge in [0.1, 0.15) is 22.7 Å². The number of benzene rings is 2. The molecule has 9 nitrogen and oxygen atoms in total. The van der Waals surface area contributed by atoms with Crippen LogP contribution < -0.4 is 4.74 Å². The lowest BCUT2D eigenvalue weighted by Crippen LogP contribution is -2.10. The van der Waals surface area contributed by atoms with E-state index >= 15 is 0 Å². The zero-order chi connectivity index (χ0) is 28.4. The normalized spacial score (nSPS) is 11.2. The van der Waals surface area contributed by atoms with Gasteiger partial charge in [-0.25, -0.2) is 24.5 Å². The van der Waals surface area contributed by atoms with E-state index in [-0.39, 0.29) is 11.3 Å². The quantitative estimate of drug-likeness (QED) is 0.233. The highest BCUT2D eigenvalue weighted by atomic mass is 16.5. The molecule has 9 heteroatoms. The van der Waals surface area contributed by atoms with Gasteiger partial charge in [-0.05, 0) is 60.9 Å². The van der Waals surface area contributed by atoms with Gasteiger partial charge in [-0.2, -0.15) is 0 Å². The predicted molar refractivity (Wildman–Crippen MR) is 152 cm³/mol. The lowest BCUT2D eigenvalue weighted by molar-refractivity contribution is 0.0601. The molecule has 5 aromatic rings. The van der Waals surface area contributed by atoms with Crippen molar-refractivity contribution in [3.8, 4) is 17.0 Å². The molecular formula is C31H30N4O5. The molecule has 0 amide bonds. The minimum Gasteiger partial charge on any atom is -0.495 e. The van der Waals surface area contributed by atoms with Crippen molar-refractivity contribution in [3.05, 3.63) is 82.8 Å². The van der Waals surface area contributed by atoms with Crippen molar-refractivity contribution in [1.82, 2.24) is 19.5 Å². The predicted octanol–water partition coefficient (Wildman–Crippen LogP) is 5.84. The number of carbonyl (C=O) groups is 2. The molecule has 2 aromatic carbocycles. The lowest BCUT2D eigenvalue weighted by Gasteiger charge is -2.17. The van der Waals surface area contributed by atoms with E-state index in [1.165, 1.54) is 20.3 Å². The molecule has 0 aliphatic carbocycles. The summed E-state index contributed by atoms with van der Waals surface area (Å²) in [6.07, 6.45) is 4.69. The van der Waals surface area contributed by atoms with Crippen LogP contribution in [-0.2, 0) is 17.7 Å². The summed E-state index contributed by atoms with van der Waals surface area (Å²) in [5.41, 5.74) is 5.08. The van der Waals surface area contributed by atoms with Crippen LogP contribution in [0.3, 0.4) is 0 Å². The SMILES string of the molecule is CCCCc1nc2cccnc2n1Cc1ccc2nc(-c3cccc(C(=O)O)c3OC)c(C)c(C(=O)OC)c2c1. The van der Waals surface area contributed by atoms with Crippen LogP contribution in [-0.4, -0.2) is 50.8 Å². The van der Waals surface area contributed by atoms with E-state index in [4.69, 9.17) is 19.4 Å². The molecule has 0 atom stereocenters. The van der Waals surface area contributed by atoms with Gasteiger partial charge >= 0.3 is 11.9 Å². The largest absolute Gasteiger partial charge is 0.495 e. The number of carboxylic acid groups (broad SMARTS) is 1. The van der Waals surface area contributed by atoms with Crippen LogP contribution in [0.1, 0.15) is 57.4 Å². The van der Waals surface area contributed by atoms with E-state index in [2.05, 4.69) is 16.5 Å². The first-order valence-corrected chi connectivity index (χ1v) is 13.1. The van der Waals surface area contributed by atoms with Crippen LogP contribution in [0.5, 0.6) is 5.75 Å². The minimum absolute atomic E-state index is 0.0105. The maximum atomic E-state index is 13.1. The fraction of sp³-hybridized carbons (Fsp3) is 0.258. The van der Waals surface area contributed by atoms with Crippen molar-refractivity contribution < 1.29 is 24.2 Å². The molecule has 0 spiro atoms. The highest BCUT2D eigenvalue weighted by Gasteiger charge is 2.24. The zero-order valence-corrected chi connectivity index (χ0v) is 22.9. The Morgan fingerprint density at radius 2 is 1.85 bits per heavy atom. The number of para-hydroxylation sites is 1. The summed E-state index contributed by atoms with van der Waals surface area (Å²) in [4.78, 5) is 39.2. The van der Waals surface area contributed by atoms with E-state index in [1.54, 1.807) is 25.3 Å². The summed E-state index contributed by atoms with van der Waals surface area (Å²) in [6, 6.07) is 14.5. The first-order chi connectivity index (χ1) is 19.4. The number of imidazole rings is 1. The third-order valence-electron chi connectivity index (χ3n) is 7.06. The molecule has 0 fully saturated rings. The monoisotopic (exact) mass is 538 g/mol. The van der Waals surface area contributed by atoms with Crippen molar-refractivity contribution in [3.63, 3.8) is 0 Å². The number of carboxylic acids is 1. The summed E-state index contributed by atoms with van der Waals surface area (Å²) in [5, 5.41) is 10.3. The summed E-state index contributed by atoms with van der Waals surface area (Å²) in [7, 11) is 2.76. The van der Waals surface area contributed by atoms with Crippen molar-refractivity contribution in [2.24, 2.45) is 0 Å². The van der Waals surface area contributed by atoms with Gasteiger partial charge in [0.15, 0.2) is 5.65 Å². The van der Waals surface area contributed by atoms with Gasteiger partial charge in [0.05, 0.1) is 37.5 Å². The van der Waals surface area contributed by atoms with Crippen molar-refractivity contribution in [1.29, 1.82) is 0 Å². The van der Waals surface area contributed by atoms with Crippen LogP contribution in [0.4, 0.5) is 0 Å². The minimum atomic E-state index is -1.12. The number of unbranched alkanes of at least 4 members (excludes halogenated alkanes) is 1. The van der Waals surface area contributed by atoms with Crippen LogP contribution in [0.25, 0.3) is 33.3 Å². The fourth-order valence-electron chi connectivity index (χ4n) is 5.12. The summed E-state index contributed by atoms with van der Waals surface area (Å²) in [5.74, 6) is -0.472. The Morgan fingerprint density at radius 3 is 2.58 bits per heavy atom. The smallest absolute Gasteiger partial charge is 0.339 e. The second-order valence-corrected chi connectivity index (χ2v) is 9.56. The molecule has 0 aliphatic rings. The molecule has 0 unspecified atom stereocenters. The number of hydrogen-bond acceptors (Lipinski definition) is 7. The van der Waals surface area contributed by atoms with Crippen molar-refractivity contribution in [2.45, 2.75) is 39.7 Å². The van der Waals surface area contributed by atoms with Crippen LogP contribution in [0, 0.1) is 6.92 Å². The number of ether oxygens (including phenoxy) is 2. The Kier molecular flexibility index (Phi) is 7.46. The van der Waals surface area contributed by atoms with Gasteiger partial charge in [-0.15, -0.1) is 0 Å². The number of pyridine rings is 2. The average Bonchev–Trinajstić information content (AvgIpc) is 3.31. The van der Waals surface area contributed by atoms with Gasteiger partial charge in [-0.3, -0.25) is 0 Å². The maximum absolute atomic E-state index is 13.1. The second-order valence-electron chi connectivity index (χ2n) is 9.56. The summed E-state index contributed by atoms with van der Waals surface area (Å²) < 4.78 is 12.8. The van der Waals surface area contributed by atoms with E-state index in [9.17, 15) is 14.7 Å². The van der Waals surface area contributed by atoms with Gasteiger partial charge in [-0.1, -0.05) is 25.5 Å². The first-order valence-electron chi connectivity index (χ1n) is 13.1. The number of methoxy groups -OCH3 is 2. The molecule has 0 saturated heterocycles. The van der Waals surface area contributed by atoms with Gasteiger partial charge in [0, 0.05) is 23.6 Å². The third-order valence-corrected chi connectivity index (χ3v) is 7.06. The molecule has 3 aromatic heterocycles. The van der Waals surface area contributed by atoms with Crippen LogP contribution in [0.15, 0.2) is 54.7 Å². The Labute approximate surface area is 231 Å². The Bertz CT molecular complexity index is 1760. The molecule has 3 heterocycles. The molecule has 0 radical (unpaired) electrons. The molecule has 1 N–H and O–H groups in total. The van der Waals surface area contributed by atoms with Crippen LogP contribution in [0.2, 0.25) is 0 Å². The van der Waals surface area contributed by atoms with E-state index in [0.29, 0.717) is 39.8 Å². The fourth-order valence-corrected chi connectivity index (χ4v) is 5.12. The van der Waals surface area contributed by atoms with Crippen molar-refractivity contribution in [2.75, 3.05) is 14.2 Å². The number of aromatic nitrogens is 4. The van der Waals surface area contributed by atoms with Gasteiger partial charge in [0.2, 0.25) is 0 Å². The summed E-state index contributed by atoms with van der Waals surface area (Å²) in [6.45, 7) is 4.46. The van der Waals surface area contributed by atoms with E-state index in [0.717, 1.165) is 41.8 Å². The maximum Gasteiger partial charge on any atom is 0.339 e. The topological polar surface area (TPSA) is 116 Å². The summed E-state index contributed by atoms with van der Waals surface area (Å²) >= 11 is 0. The van der Waals surface area contributed by atoms with Gasteiger partial charge < -0.3 is 19.1 Å². The molecule has 0 bridgehead atoms. The number of aryl methyl sites for hydroxylation is 1. The number of esters is 1. The number of carbonyl (C=O) groups excluding carboxylic acids is 1. The average molecular weight is 539 g/mol. The molecule has 0 aliphatic heterocycles. The molecular weight excluding hydrogens is 508 g/mol. The standard InChI is InChI=1S/C31H30N4O5/c1-5-6-12-25-33-24-11-8-15-32-29(24)35(25)17-19-13-14-23-22(16-19)26(31(38)40-4)18(2)27(34-23)20-9-7-10-21(30(36)37)28(20)39-3/h7-11,13-16H,5-6,12,17H2,1-4H3,(H,36,37). The van der Waals surface area contributed by atoms with Gasteiger partial charge in [0.25, 0.3) is 0 Å².